The van der Waals surface area contributed by atoms with Crippen molar-refractivity contribution in [2.75, 3.05) is 0 Å². The van der Waals surface area contributed by atoms with Gasteiger partial charge < -0.3 is 0 Å². The zero-order valence-electron chi connectivity index (χ0n) is 20.3. The molecule has 0 saturated heterocycles. The summed E-state index contributed by atoms with van der Waals surface area (Å²) >= 11 is 0. The lowest BCUT2D eigenvalue weighted by Gasteiger charge is -2.02. The van der Waals surface area contributed by atoms with Crippen LogP contribution in [0.1, 0.15) is 141 Å². The Kier molecular flexibility index (Phi) is 18.7. The van der Waals surface area contributed by atoms with E-state index in [4.69, 9.17) is 0 Å². The molecule has 0 atom stereocenters. The van der Waals surface area contributed by atoms with Gasteiger partial charge >= 0.3 is 0 Å². The summed E-state index contributed by atoms with van der Waals surface area (Å²) in [6.07, 6.45) is 34.2. The van der Waals surface area contributed by atoms with E-state index in [1.165, 1.54) is 127 Å². The molecule has 0 aliphatic carbocycles. The molecule has 1 aromatic carbocycles. The number of hydrogen-bond acceptors (Lipinski definition) is 0. The maximum Gasteiger partial charge on any atom is -0.0187 e. The summed E-state index contributed by atoms with van der Waals surface area (Å²) in [7, 11) is 0. The third-order valence-corrected chi connectivity index (χ3v) is 6.04. The minimum Gasteiger partial charge on any atom is -0.0839 e. The zero-order chi connectivity index (χ0) is 21.5. The SMILES string of the molecule is CCCCCCCCCCC=Cc1ccccc1C=CCCCCCCCCCC. The van der Waals surface area contributed by atoms with Crippen molar-refractivity contribution in [1.29, 1.82) is 0 Å². The van der Waals surface area contributed by atoms with Crippen molar-refractivity contribution in [1.82, 2.24) is 0 Å². The monoisotopic (exact) mass is 410 g/mol. The first-order valence-corrected chi connectivity index (χ1v) is 13.3. The molecule has 170 valence electrons. The Balaban J connectivity index is 2.16. The summed E-state index contributed by atoms with van der Waals surface area (Å²) in [4.78, 5) is 0. The molecule has 0 unspecified atom stereocenters. The van der Waals surface area contributed by atoms with Gasteiger partial charge in [-0.3, -0.25) is 0 Å². The predicted molar refractivity (Wildman–Crippen MR) is 139 cm³/mol. The third kappa shape index (κ3) is 15.5. The van der Waals surface area contributed by atoms with E-state index in [2.05, 4.69) is 62.4 Å². The molecule has 0 nitrogen and oxygen atoms in total. The van der Waals surface area contributed by atoms with E-state index in [1.54, 1.807) is 0 Å². The molecule has 0 fully saturated rings. The van der Waals surface area contributed by atoms with E-state index in [-0.39, 0.29) is 0 Å². The van der Waals surface area contributed by atoms with Crippen molar-refractivity contribution in [2.24, 2.45) is 0 Å². The first kappa shape index (κ1) is 26.7. The highest BCUT2D eigenvalue weighted by Gasteiger charge is 1.95. The Morgan fingerprint density at radius 2 is 0.800 bits per heavy atom. The quantitative estimate of drug-likeness (QED) is 0.187. The maximum absolute atomic E-state index is 2.38. The Morgan fingerprint density at radius 1 is 0.467 bits per heavy atom. The molecule has 1 aromatic rings. The summed E-state index contributed by atoms with van der Waals surface area (Å²) in [5, 5.41) is 0. The molecule has 0 heteroatoms. The lowest BCUT2D eigenvalue weighted by Crippen LogP contribution is -1.82. The Bertz CT molecular complexity index is 488. The molecular formula is C30H50. The highest BCUT2D eigenvalue weighted by Crippen LogP contribution is 2.16. The molecule has 0 spiro atoms. The highest BCUT2D eigenvalue weighted by atomic mass is 14.0. The molecule has 0 aliphatic heterocycles. The van der Waals surface area contributed by atoms with Gasteiger partial charge in [0.2, 0.25) is 0 Å². The molecule has 0 aromatic heterocycles. The van der Waals surface area contributed by atoms with E-state index in [1.807, 2.05) is 0 Å². The Labute approximate surface area is 189 Å². The van der Waals surface area contributed by atoms with Gasteiger partial charge in [-0.1, -0.05) is 152 Å². The Morgan fingerprint density at radius 3 is 1.17 bits per heavy atom. The van der Waals surface area contributed by atoms with Crippen molar-refractivity contribution >= 4 is 12.2 Å². The predicted octanol–water partition coefficient (Wildman–Crippen LogP) is 10.8. The summed E-state index contributed by atoms with van der Waals surface area (Å²) < 4.78 is 0. The average molecular weight is 411 g/mol. The number of unbranched alkanes of at least 4 members (excludes halogenated alkanes) is 16. The maximum atomic E-state index is 2.38. The molecule has 1 rings (SSSR count). The second-order valence-corrected chi connectivity index (χ2v) is 8.96. The highest BCUT2D eigenvalue weighted by molar-refractivity contribution is 5.65. The van der Waals surface area contributed by atoms with Gasteiger partial charge in [0.25, 0.3) is 0 Å². The van der Waals surface area contributed by atoms with Crippen LogP contribution in [0.4, 0.5) is 0 Å². The normalized spacial score (nSPS) is 11.8. The summed E-state index contributed by atoms with van der Waals surface area (Å²) in [5.41, 5.74) is 2.73. The average Bonchev–Trinajstić information content (AvgIpc) is 2.77. The fourth-order valence-corrected chi connectivity index (χ4v) is 4.03. The van der Waals surface area contributed by atoms with E-state index in [0.717, 1.165) is 0 Å². The molecular weight excluding hydrogens is 360 g/mol. The number of rotatable bonds is 20. The van der Waals surface area contributed by atoms with Crippen molar-refractivity contribution in [3.63, 3.8) is 0 Å². The summed E-state index contributed by atoms with van der Waals surface area (Å²) in [5.74, 6) is 0. The van der Waals surface area contributed by atoms with Crippen LogP contribution in [-0.2, 0) is 0 Å². The van der Waals surface area contributed by atoms with Crippen LogP contribution in [0.15, 0.2) is 36.4 Å². The molecule has 0 heterocycles. The van der Waals surface area contributed by atoms with Crippen LogP contribution >= 0.6 is 0 Å². The lowest BCUT2D eigenvalue weighted by molar-refractivity contribution is 0.578. The van der Waals surface area contributed by atoms with Gasteiger partial charge in [-0.05, 0) is 36.8 Å². The second-order valence-electron chi connectivity index (χ2n) is 8.96. The van der Waals surface area contributed by atoms with Gasteiger partial charge in [-0.25, -0.2) is 0 Å². The van der Waals surface area contributed by atoms with Crippen LogP contribution in [0, 0.1) is 0 Å². The molecule has 0 N–H and O–H groups in total. The van der Waals surface area contributed by atoms with E-state index < -0.39 is 0 Å². The number of hydrogen-bond donors (Lipinski definition) is 0. The van der Waals surface area contributed by atoms with Crippen molar-refractivity contribution in [3.8, 4) is 0 Å². The van der Waals surface area contributed by atoms with E-state index in [0.29, 0.717) is 0 Å². The van der Waals surface area contributed by atoms with Gasteiger partial charge in [0.05, 0.1) is 0 Å². The van der Waals surface area contributed by atoms with Crippen LogP contribution in [-0.4, -0.2) is 0 Å². The fourth-order valence-electron chi connectivity index (χ4n) is 4.03. The molecule has 30 heavy (non-hydrogen) atoms. The minimum absolute atomic E-state index is 1.21. The first-order chi connectivity index (χ1) is 14.9. The number of allylic oxidation sites excluding steroid dienone is 2. The largest absolute Gasteiger partial charge is 0.0839 e. The zero-order valence-corrected chi connectivity index (χ0v) is 20.3. The second kappa shape index (κ2) is 21.0. The topological polar surface area (TPSA) is 0 Å². The Hall–Kier alpha value is -1.30. The van der Waals surface area contributed by atoms with Crippen molar-refractivity contribution in [3.05, 3.63) is 47.5 Å². The first-order valence-electron chi connectivity index (χ1n) is 13.3. The minimum atomic E-state index is 1.21. The molecule has 0 amide bonds. The van der Waals surface area contributed by atoms with E-state index in [9.17, 15) is 0 Å². The van der Waals surface area contributed by atoms with Crippen molar-refractivity contribution < 1.29 is 0 Å². The van der Waals surface area contributed by atoms with Crippen LogP contribution < -0.4 is 0 Å². The van der Waals surface area contributed by atoms with Gasteiger partial charge in [0, 0.05) is 0 Å². The van der Waals surface area contributed by atoms with Gasteiger partial charge in [-0.15, -0.1) is 0 Å². The van der Waals surface area contributed by atoms with Crippen LogP contribution in [0.2, 0.25) is 0 Å². The van der Waals surface area contributed by atoms with Gasteiger partial charge in [0.15, 0.2) is 0 Å². The molecule has 0 saturated carbocycles. The van der Waals surface area contributed by atoms with Crippen LogP contribution in [0.25, 0.3) is 12.2 Å². The van der Waals surface area contributed by atoms with Crippen molar-refractivity contribution in [2.45, 2.75) is 129 Å². The van der Waals surface area contributed by atoms with Crippen LogP contribution in [0.5, 0.6) is 0 Å². The van der Waals surface area contributed by atoms with Gasteiger partial charge in [-0.2, -0.15) is 0 Å². The molecule has 0 bridgehead atoms. The van der Waals surface area contributed by atoms with E-state index >= 15 is 0 Å². The number of benzene rings is 1. The fraction of sp³-hybridized carbons (Fsp3) is 0.667. The molecule has 0 radical (unpaired) electrons. The summed E-state index contributed by atoms with van der Waals surface area (Å²) in [6, 6.07) is 8.82. The smallest absolute Gasteiger partial charge is 0.0187 e. The molecule has 0 aliphatic rings. The lowest BCUT2D eigenvalue weighted by atomic mass is 10.0. The third-order valence-electron chi connectivity index (χ3n) is 6.04. The standard InChI is InChI=1S/C30H50/c1-3-5-7-9-11-13-15-17-19-21-25-29-27-23-24-28-30(29)26-22-20-18-16-14-12-10-8-6-4-2/h21-28H,3-20H2,1-2H3. The van der Waals surface area contributed by atoms with Crippen LogP contribution in [0.3, 0.4) is 0 Å². The van der Waals surface area contributed by atoms with Gasteiger partial charge in [0.1, 0.15) is 0 Å². The summed E-state index contributed by atoms with van der Waals surface area (Å²) in [6.45, 7) is 4.58.